The molecule has 2 heterocycles. The summed E-state index contributed by atoms with van der Waals surface area (Å²) >= 11 is 0. The van der Waals surface area contributed by atoms with Gasteiger partial charge in [-0.1, -0.05) is 0 Å². The molecule has 2 aromatic heterocycles. The zero-order valence-corrected chi connectivity index (χ0v) is 9.11. The van der Waals surface area contributed by atoms with Crippen LogP contribution >= 0.6 is 0 Å². The van der Waals surface area contributed by atoms with E-state index in [0.29, 0.717) is 17.9 Å². The molecule has 3 rings (SSSR count). The normalized spacial score (nSPS) is 23.3. The standard InChI is InChI=1S/C11H12F2N4/c12-11(13)3-1-7(5-11)17-4-2-8-9(14)15-6-16-10(8)17/h2,4,6-7H,1,3,5H2,(H2,14,15,16). The third-order valence-electron chi connectivity index (χ3n) is 3.31. The highest BCUT2D eigenvalue weighted by atomic mass is 19.3. The van der Waals surface area contributed by atoms with Crippen LogP contribution in [0.4, 0.5) is 14.6 Å². The van der Waals surface area contributed by atoms with Gasteiger partial charge in [0, 0.05) is 25.1 Å². The van der Waals surface area contributed by atoms with Crippen LogP contribution in [-0.4, -0.2) is 20.5 Å². The van der Waals surface area contributed by atoms with E-state index in [9.17, 15) is 8.78 Å². The lowest BCUT2D eigenvalue weighted by molar-refractivity contribution is 0.00578. The van der Waals surface area contributed by atoms with Crippen LogP contribution in [0.3, 0.4) is 0 Å². The molecule has 2 aromatic rings. The fourth-order valence-electron chi connectivity index (χ4n) is 2.45. The van der Waals surface area contributed by atoms with E-state index in [1.165, 1.54) is 6.33 Å². The number of aromatic nitrogens is 3. The van der Waals surface area contributed by atoms with Crippen molar-refractivity contribution in [1.29, 1.82) is 0 Å². The van der Waals surface area contributed by atoms with Gasteiger partial charge in [0.25, 0.3) is 0 Å². The Bertz CT molecular complexity index is 564. The lowest BCUT2D eigenvalue weighted by Crippen LogP contribution is -2.12. The number of fused-ring (bicyclic) bond motifs is 1. The van der Waals surface area contributed by atoms with Gasteiger partial charge in [-0.15, -0.1) is 0 Å². The van der Waals surface area contributed by atoms with Crippen molar-refractivity contribution in [3.8, 4) is 0 Å². The second-order valence-corrected chi connectivity index (χ2v) is 4.47. The minimum Gasteiger partial charge on any atom is -0.383 e. The Hall–Kier alpha value is -1.72. The molecule has 0 spiro atoms. The van der Waals surface area contributed by atoms with Gasteiger partial charge in [-0.2, -0.15) is 0 Å². The number of alkyl halides is 2. The number of nitrogens with two attached hydrogens (primary N) is 1. The van der Waals surface area contributed by atoms with Crippen molar-refractivity contribution in [2.45, 2.75) is 31.2 Å². The van der Waals surface area contributed by atoms with E-state index in [4.69, 9.17) is 5.73 Å². The lowest BCUT2D eigenvalue weighted by atomic mass is 10.2. The van der Waals surface area contributed by atoms with Crippen molar-refractivity contribution < 1.29 is 8.78 Å². The number of halogens is 2. The molecule has 1 fully saturated rings. The van der Waals surface area contributed by atoms with Gasteiger partial charge in [0.2, 0.25) is 5.92 Å². The number of nitrogens with zero attached hydrogens (tertiary/aromatic N) is 3. The summed E-state index contributed by atoms with van der Waals surface area (Å²) in [5.74, 6) is -2.17. The number of anilines is 1. The maximum absolute atomic E-state index is 13.2. The number of hydrogen-bond acceptors (Lipinski definition) is 3. The Morgan fingerprint density at radius 1 is 1.41 bits per heavy atom. The van der Waals surface area contributed by atoms with E-state index >= 15 is 0 Å². The smallest absolute Gasteiger partial charge is 0.250 e. The van der Waals surface area contributed by atoms with E-state index in [2.05, 4.69) is 9.97 Å². The molecule has 90 valence electrons. The van der Waals surface area contributed by atoms with Crippen LogP contribution in [0, 0.1) is 0 Å². The van der Waals surface area contributed by atoms with Crippen LogP contribution < -0.4 is 5.73 Å². The molecule has 2 N–H and O–H groups in total. The fraction of sp³-hybridized carbons (Fsp3) is 0.455. The van der Waals surface area contributed by atoms with Crippen LogP contribution in [0.15, 0.2) is 18.6 Å². The van der Waals surface area contributed by atoms with Gasteiger partial charge in [-0.05, 0) is 12.5 Å². The summed E-state index contributed by atoms with van der Waals surface area (Å²) in [6.45, 7) is 0. The third kappa shape index (κ3) is 1.64. The van der Waals surface area contributed by atoms with Gasteiger partial charge in [0.15, 0.2) is 0 Å². The first kappa shape index (κ1) is 10.4. The number of nitrogen functional groups attached to an aromatic ring is 1. The van der Waals surface area contributed by atoms with Gasteiger partial charge in [0.1, 0.15) is 17.8 Å². The molecule has 0 amide bonds. The number of hydrogen-bond donors (Lipinski definition) is 1. The Morgan fingerprint density at radius 2 is 2.24 bits per heavy atom. The highest BCUT2D eigenvalue weighted by molar-refractivity contribution is 5.86. The van der Waals surface area contributed by atoms with Crippen LogP contribution in [-0.2, 0) is 0 Å². The van der Waals surface area contributed by atoms with Crippen LogP contribution in [0.25, 0.3) is 11.0 Å². The molecule has 17 heavy (non-hydrogen) atoms. The second-order valence-electron chi connectivity index (χ2n) is 4.47. The third-order valence-corrected chi connectivity index (χ3v) is 3.31. The van der Waals surface area contributed by atoms with Crippen molar-refractivity contribution in [1.82, 2.24) is 14.5 Å². The highest BCUT2D eigenvalue weighted by Gasteiger charge is 2.40. The molecule has 4 nitrogen and oxygen atoms in total. The summed E-state index contributed by atoms with van der Waals surface area (Å²) in [7, 11) is 0. The predicted molar refractivity (Wildman–Crippen MR) is 59.8 cm³/mol. The maximum Gasteiger partial charge on any atom is 0.250 e. The molecule has 0 saturated heterocycles. The van der Waals surface area contributed by atoms with Gasteiger partial charge in [-0.3, -0.25) is 0 Å². The summed E-state index contributed by atoms with van der Waals surface area (Å²) in [6.07, 6.45) is 3.42. The Morgan fingerprint density at radius 3 is 2.94 bits per heavy atom. The van der Waals surface area contributed by atoms with Crippen LogP contribution in [0.2, 0.25) is 0 Å². The van der Waals surface area contributed by atoms with Gasteiger partial charge < -0.3 is 10.3 Å². The zero-order valence-electron chi connectivity index (χ0n) is 9.11. The molecule has 1 aliphatic carbocycles. The van der Waals surface area contributed by atoms with E-state index in [1.807, 2.05) is 0 Å². The molecule has 0 aromatic carbocycles. The van der Waals surface area contributed by atoms with Crippen molar-refractivity contribution in [2.75, 3.05) is 5.73 Å². The minimum atomic E-state index is -2.56. The average molecular weight is 238 g/mol. The average Bonchev–Trinajstić information content (AvgIpc) is 2.82. The van der Waals surface area contributed by atoms with Crippen molar-refractivity contribution in [3.05, 3.63) is 18.6 Å². The second kappa shape index (κ2) is 3.38. The lowest BCUT2D eigenvalue weighted by Gasteiger charge is -2.13. The van der Waals surface area contributed by atoms with Gasteiger partial charge in [-0.25, -0.2) is 18.7 Å². The minimum absolute atomic E-state index is 0.0576. The first-order valence-electron chi connectivity index (χ1n) is 5.52. The number of rotatable bonds is 1. The first-order chi connectivity index (χ1) is 8.07. The molecule has 0 bridgehead atoms. The summed E-state index contributed by atoms with van der Waals surface area (Å²) < 4.78 is 28.2. The predicted octanol–water partition coefficient (Wildman–Crippen LogP) is 2.37. The summed E-state index contributed by atoms with van der Waals surface area (Å²) in [6, 6.07) is 1.58. The van der Waals surface area contributed by atoms with E-state index in [-0.39, 0.29) is 18.9 Å². The van der Waals surface area contributed by atoms with Crippen molar-refractivity contribution in [3.63, 3.8) is 0 Å². The van der Waals surface area contributed by atoms with E-state index < -0.39 is 5.92 Å². The molecule has 1 unspecified atom stereocenters. The highest BCUT2D eigenvalue weighted by Crippen LogP contribution is 2.42. The fourth-order valence-corrected chi connectivity index (χ4v) is 2.45. The maximum atomic E-state index is 13.2. The van der Waals surface area contributed by atoms with Crippen LogP contribution in [0.5, 0.6) is 0 Å². The van der Waals surface area contributed by atoms with Crippen molar-refractivity contribution in [2.24, 2.45) is 0 Å². The quantitative estimate of drug-likeness (QED) is 0.829. The first-order valence-corrected chi connectivity index (χ1v) is 5.52. The molecule has 1 saturated carbocycles. The molecule has 0 radical (unpaired) electrons. The SMILES string of the molecule is Nc1ncnc2c1ccn2C1CCC(F)(F)C1. The summed E-state index contributed by atoms with van der Waals surface area (Å²) in [5, 5.41) is 0.725. The molecular formula is C11H12F2N4. The van der Waals surface area contributed by atoms with Gasteiger partial charge in [0.05, 0.1) is 5.39 Å². The zero-order chi connectivity index (χ0) is 12.0. The Kier molecular flexibility index (Phi) is 2.08. The Balaban J connectivity index is 2.05. The largest absolute Gasteiger partial charge is 0.383 e. The van der Waals surface area contributed by atoms with E-state index in [0.717, 1.165) is 5.39 Å². The van der Waals surface area contributed by atoms with Crippen molar-refractivity contribution >= 4 is 16.9 Å². The van der Waals surface area contributed by atoms with Gasteiger partial charge >= 0.3 is 0 Å². The topological polar surface area (TPSA) is 56.7 Å². The van der Waals surface area contributed by atoms with E-state index in [1.54, 1.807) is 16.8 Å². The Labute approximate surface area is 96.5 Å². The summed E-state index contributed by atoms with van der Waals surface area (Å²) in [5.41, 5.74) is 6.35. The van der Waals surface area contributed by atoms with Crippen LogP contribution in [0.1, 0.15) is 25.3 Å². The molecular weight excluding hydrogens is 226 g/mol. The summed E-state index contributed by atoms with van der Waals surface area (Å²) in [4.78, 5) is 8.00. The molecule has 0 aliphatic heterocycles. The molecule has 1 aliphatic rings. The molecule has 6 heteroatoms. The monoisotopic (exact) mass is 238 g/mol. The molecule has 1 atom stereocenters.